The number of alkyl halides is 3. The van der Waals surface area contributed by atoms with Crippen molar-refractivity contribution in [3.8, 4) is 5.82 Å². The molecule has 4 aromatic rings. The van der Waals surface area contributed by atoms with Gasteiger partial charge in [0.15, 0.2) is 5.82 Å². The lowest BCUT2D eigenvalue weighted by atomic mass is 10.1. The molecule has 1 amide bonds. The van der Waals surface area contributed by atoms with Crippen LogP contribution < -0.4 is 10.6 Å². The minimum atomic E-state index is -4.45. The van der Waals surface area contributed by atoms with E-state index in [1.807, 2.05) is 0 Å². The van der Waals surface area contributed by atoms with Gasteiger partial charge < -0.3 is 10.6 Å². The highest BCUT2D eigenvalue weighted by Gasteiger charge is 2.30. The molecule has 0 aliphatic heterocycles. The van der Waals surface area contributed by atoms with Crippen molar-refractivity contribution in [1.29, 1.82) is 0 Å². The second-order valence-corrected chi connectivity index (χ2v) is 7.23. The van der Waals surface area contributed by atoms with Gasteiger partial charge in [-0.2, -0.15) is 18.3 Å². The zero-order chi connectivity index (χ0) is 23.4. The number of hydrogen-bond donors (Lipinski definition) is 2. The van der Waals surface area contributed by atoms with Crippen LogP contribution in [0.3, 0.4) is 0 Å². The lowest BCUT2D eigenvalue weighted by Gasteiger charge is -2.11. The molecule has 4 rings (SSSR count). The van der Waals surface area contributed by atoms with Crippen LogP contribution >= 0.6 is 0 Å². The van der Waals surface area contributed by atoms with Gasteiger partial charge in [-0.3, -0.25) is 4.79 Å². The Balaban J connectivity index is 1.39. The molecule has 0 aliphatic carbocycles. The van der Waals surface area contributed by atoms with Crippen LogP contribution in [-0.4, -0.2) is 25.7 Å². The van der Waals surface area contributed by atoms with Gasteiger partial charge in [-0.25, -0.2) is 14.6 Å². The van der Waals surface area contributed by atoms with Gasteiger partial charge in [0.2, 0.25) is 5.91 Å². The van der Waals surface area contributed by atoms with Crippen LogP contribution in [-0.2, 0) is 17.4 Å². The van der Waals surface area contributed by atoms with Gasteiger partial charge in [0.1, 0.15) is 11.6 Å². The molecule has 2 aromatic heterocycles. The van der Waals surface area contributed by atoms with E-state index in [2.05, 4.69) is 25.7 Å². The van der Waals surface area contributed by atoms with Crippen LogP contribution in [0.1, 0.15) is 17.0 Å². The number of anilines is 3. The summed E-state index contributed by atoms with van der Waals surface area (Å²) >= 11 is 0. The Hall–Kier alpha value is -4.21. The molecule has 10 heteroatoms. The maximum Gasteiger partial charge on any atom is 0.416 e. The van der Waals surface area contributed by atoms with Crippen LogP contribution in [0, 0.1) is 6.92 Å². The van der Waals surface area contributed by atoms with Crippen LogP contribution in [0.4, 0.5) is 30.4 Å². The molecule has 0 bridgehead atoms. The average molecular weight is 452 g/mol. The molecule has 0 aliphatic rings. The van der Waals surface area contributed by atoms with Gasteiger partial charge in [-0.05, 0) is 48.9 Å². The summed E-state index contributed by atoms with van der Waals surface area (Å²) in [5.74, 6) is 1.36. The third-order valence-electron chi connectivity index (χ3n) is 4.62. The minimum Gasteiger partial charge on any atom is -0.340 e. The normalized spacial score (nSPS) is 11.3. The van der Waals surface area contributed by atoms with E-state index in [0.717, 1.165) is 17.8 Å². The second-order valence-electron chi connectivity index (χ2n) is 7.23. The number of rotatable bonds is 6. The zero-order valence-corrected chi connectivity index (χ0v) is 17.5. The SMILES string of the molecule is Cc1nc(Nc2ccc(NC(=O)Cc3cccc(C(F)(F)F)c3)cc2)cc(-n2cccn2)n1. The molecule has 2 heterocycles. The fourth-order valence-corrected chi connectivity index (χ4v) is 3.17. The first-order chi connectivity index (χ1) is 15.8. The van der Waals surface area contributed by atoms with Gasteiger partial charge in [0, 0.05) is 29.8 Å². The van der Waals surface area contributed by atoms with Crippen molar-refractivity contribution < 1.29 is 18.0 Å². The molecule has 0 saturated carbocycles. The van der Waals surface area contributed by atoms with E-state index >= 15 is 0 Å². The van der Waals surface area contributed by atoms with E-state index in [-0.39, 0.29) is 12.0 Å². The molecule has 0 saturated heterocycles. The molecule has 33 heavy (non-hydrogen) atoms. The number of carbonyl (C=O) groups excluding carboxylic acids is 1. The second kappa shape index (κ2) is 9.11. The summed E-state index contributed by atoms with van der Waals surface area (Å²) in [7, 11) is 0. The van der Waals surface area contributed by atoms with Gasteiger partial charge in [-0.1, -0.05) is 18.2 Å². The summed E-state index contributed by atoms with van der Waals surface area (Å²) in [5, 5.41) is 10.0. The van der Waals surface area contributed by atoms with E-state index in [1.54, 1.807) is 60.4 Å². The fourth-order valence-electron chi connectivity index (χ4n) is 3.17. The molecule has 2 N–H and O–H groups in total. The number of benzene rings is 2. The Labute approximate surface area is 187 Å². The molecule has 2 aromatic carbocycles. The number of aryl methyl sites for hydroxylation is 1. The summed E-state index contributed by atoms with van der Waals surface area (Å²) < 4.78 is 40.2. The smallest absolute Gasteiger partial charge is 0.340 e. The first-order valence-electron chi connectivity index (χ1n) is 9.95. The number of amides is 1. The summed E-state index contributed by atoms with van der Waals surface area (Å²) in [4.78, 5) is 21.0. The van der Waals surface area contributed by atoms with Crippen LogP contribution in [0.15, 0.2) is 73.1 Å². The quantitative estimate of drug-likeness (QED) is 0.434. The maximum atomic E-state index is 12.8. The Morgan fingerprint density at radius 3 is 2.45 bits per heavy atom. The first-order valence-corrected chi connectivity index (χ1v) is 9.95. The maximum absolute atomic E-state index is 12.8. The summed E-state index contributed by atoms with van der Waals surface area (Å²) in [5.41, 5.74) is 0.760. The van der Waals surface area contributed by atoms with Gasteiger partial charge in [0.05, 0.1) is 12.0 Å². The number of hydrogen-bond acceptors (Lipinski definition) is 5. The monoisotopic (exact) mass is 452 g/mol. The topological polar surface area (TPSA) is 84.7 Å². The molecule has 0 atom stereocenters. The molecule has 168 valence electrons. The molecule has 7 nitrogen and oxygen atoms in total. The van der Waals surface area contributed by atoms with Crippen molar-refractivity contribution in [1.82, 2.24) is 19.7 Å². The van der Waals surface area contributed by atoms with Crippen LogP contribution in [0.2, 0.25) is 0 Å². The molecular weight excluding hydrogens is 433 g/mol. The third-order valence-corrected chi connectivity index (χ3v) is 4.62. The number of carbonyl (C=O) groups is 1. The molecule has 0 spiro atoms. The van der Waals surface area contributed by atoms with E-state index < -0.39 is 17.6 Å². The van der Waals surface area contributed by atoms with E-state index in [4.69, 9.17) is 0 Å². The molecular formula is C23H19F3N6O. The fraction of sp³-hybridized carbons (Fsp3) is 0.130. The predicted molar refractivity (Wildman–Crippen MR) is 117 cm³/mol. The van der Waals surface area contributed by atoms with Crippen molar-refractivity contribution in [2.75, 3.05) is 10.6 Å². The van der Waals surface area contributed by atoms with Crippen LogP contribution in [0.5, 0.6) is 0 Å². The number of aromatic nitrogens is 4. The van der Waals surface area contributed by atoms with Crippen molar-refractivity contribution >= 4 is 23.1 Å². The number of nitrogens with zero attached hydrogens (tertiary/aromatic N) is 4. The van der Waals surface area contributed by atoms with Crippen molar-refractivity contribution in [3.63, 3.8) is 0 Å². The molecule has 0 fully saturated rings. The first kappa shape index (κ1) is 22.0. The lowest BCUT2D eigenvalue weighted by Crippen LogP contribution is -2.15. The van der Waals surface area contributed by atoms with Crippen molar-refractivity contribution in [3.05, 3.63) is 90.0 Å². The van der Waals surface area contributed by atoms with Crippen molar-refractivity contribution in [2.24, 2.45) is 0 Å². The highest BCUT2D eigenvalue weighted by atomic mass is 19.4. The predicted octanol–water partition coefficient (Wildman–Crippen LogP) is 4.91. The largest absolute Gasteiger partial charge is 0.416 e. The minimum absolute atomic E-state index is 0.166. The lowest BCUT2D eigenvalue weighted by molar-refractivity contribution is -0.137. The highest BCUT2D eigenvalue weighted by molar-refractivity contribution is 5.92. The molecule has 0 unspecified atom stereocenters. The highest BCUT2D eigenvalue weighted by Crippen LogP contribution is 2.29. The standard InChI is InChI=1S/C23H19F3N6O/c1-15-28-20(14-21(29-15)32-11-3-10-27-32)30-18-6-8-19(9-7-18)31-22(33)13-16-4-2-5-17(12-16)23(24,25)26/h2-12,14H,13H2,1H3,(H,31,33)(H,28,29,30). The van der Waals surface area contributed by atoms with E-state index in [0.29, 0.717) is 23.1 Å². The summed E-state index contributed by atoms with van der Waals surface area (Å²) in [6, 6.07) is 15.2. The average Bonchev–Trinajstić information content (AvgIpc) is 3.29. The van der Waals surface area contributed by atoms with Gasteiger partial charge >= 0.3 is 6.18 Å². The van der Waals surface area contributed by atoms with E-state index in [1.165, 1.54) is 12.1 Å². The van der Waals surface area contributed by atoms with E-state index in [9.17, 15) is 18.0 Å². The van der Waals surface area contributed by atoms with Gasteiger partial charge in [-0.15, -0.1) is 0 Å². The Morgan fingerprint density at radius 1 is 1.00 bits per heavy atom. The third kappa shape index (κ3) is 5.73. The zero-order valence-electron chi connectivity index (χ0n) is 17.5. The summed E-state index contributed by atoms with van der Waals surface area (Å²) in [6.45, 7) is 1.78. The summed E-state index contributed by atoms with van der Waals surface area (Å²) in [6.07, 6.45) is -1.18. The van der Waals surface area contributed by atoms with Crippen molar-refractivity contribution in [2.45, 2.75) is 19.5 Å². The Kier molecular flexibility index (Phi) is 6.07. The van der Waals surface area contributed by atoms with Gasteiger partial charge in [0.25, 0.3) is 0 Å². The van der Waals surface area contributed by atoms with Crippen LogP contribution in [0.25, 0.3) is 5.82 Å². The number of nitrogens with one attached hydrogen (secondary N) is 2. The Bertz CT molecular complexity index is 1250. The number of halogens is 3. The molecule has 0 radical (unpaired) electrons. The Morgan fingerprint density at radius 2 is 1.76 bits per heavy atom.